The molecule has 0 atom stereocenters. The lowest BCUT2D eigenvalue weighted by Crippen LogP contribution is -2.37. The zero-order valence-electron chi connectivity index (χ0n) is 15.9. The van der Waals surface area contributed by atoms with Crippen molar-refractivity contribution in [1.29, 1.82) is 0 Å². The number of carbonyl (C=O) groups is 2. The predicted molar refractivity (Wildman–Crippen MR) is 121 cm³/mol. The average molecular weight is 435 g/mol. The van der Waals surface area contributed by atoms with E-state index in [0.717, 1.165) is 32.5 Å². The number of nitrogens with one attached hydrogen (secondary N) is 1. The van der Waals surface area contributed by atoms with E-state index in [1.165, 1.54) is 0 Å². The number of thioether (sulfide) groups is 1. The van der Waals surface area contributed by atoms with Gasteiger partial charge in [-0.05, 0) is 24.3 Å². The van der Waals surface area contributed by atoms with Crippen LogP contribution in [0.25, 0.3) is 16.2 Å². The lowest BCUT2D eigenvalue weighted by Gasteiger charge is -2.28. The van der Waals surface area contributed by atoms with E-state index < -0.39 is 0 Å². The number of benzene rings is 2. The molecule has 0 bridgehead atoms. The molecular formula is C22H18N4O2S2. The normalized spacial score (nSPS) is 13.5. The molecule has 0 spiro atoms. The first kappa shape index (κ1) is 18.9. The third kappa shape index (κ3) is 3.71. The molecule has 0 unspecified atom stereocenters. The van der Waals surface area contributed by atoms with E-state index in [-0.39, 0.29) is 18.2 Å². The number of amides is 2. The molecule has 1 aliphatic heterocycles. The molecule has 1 aliphatic rings. The van der Waals surface area contributed by atoms with E-state index in [9.17, 15) is 9.59 Å². The van der Waals surface area contributed by atoms with Crippen molar-refractivity contribution in [3.05, 3.63) is 66.3 Å². The lowest BCUT2D eigenvalue weighted by atomic mass is 10.1. The summed E-state index contributed by atoms with van der Waals surface area (Å²) in [6, 6.07) is 15.4. The second-order valence-corrected chi connectivity index (χ2v) is 8.79. The van der Waals surface area contributed by atoms with Crippen LogP contribution in [0, 0.1) is 0 Å². The van der Waals surface area contributed by atoms with Crippen molar-refractivity contribution in [2.75, 3.05) is 22.5 Å². The van der Waals surface area contributed by atoms with Crippen LogP contribution in [0.3, 0.4) is 0 Å². The Hall–Kier alpha value is -3.10. The minimum Gasteiger partial charge on any atom is -0.326 e. The molecular weight excluding hydrogens is 416 g/mol. The Morgan fingerprint density at radius 2 is 1.97 bits per heavy atom. The molecule has 0 radical (unpaired) electrons. The van der Waals surface area contributed by atoms with Crippen LogP contribution in [-0.4, -0.2) is 33.5 Å². The summed E-state index contributed by atoms with van der Waals surface area (Å²) in [4.78, 5) is 33.1. The summed E-state index contributed by atoms with van der Waals surface area (Å²) in [5.74, 6) is 0.330. The van der Waals surface area contributed by atoms with Gasteiger partial charge in [-0.25, -0.2) is 4.98 Å². The lowest BCUT2D eigenvalue weighted by molar-refractivity contribution is -0.117. The van der Waals surface area contributed by atoms with Gasteiger partial charge in [0, 0.05) is 46.9 Å². The average Bonchev–Trinajstić information content (AvgIpc) is 3.36. The molecule has 2 aromatic carbocycles. The second-order valence-electron chi connectivity index (χ2n) is 6.90. The van der Waals surface area contributed by atoms with Gasteiger partial charge in [-0.3, -0.25) is 14.0 Å². The highest BCUT2D eigenvalue weighted by molar-refractivity contribution is 8.00. The van der Waals surface area contributed by atoms with E-state index >= 15 is 0 Å². The zero-order chi connectivity index (χ0) is 20.5. The van der Waals surface area contributed by atoms with Crippen LogP contribution in [-0.2, 0) is 9.59 Å². The van der Waals surface area contributed by atoms with Crippen molar-refractivity contribution in [1.82, 2.24) is 9.38 Å². The van der Waals surface area contributed by atoms with Crippen LogP contribution < -0.4 is 10.2 Å². The molecule has 30 heavy (non-hydrogen) atoms. The molecule has 0 fully saturated rings. The minimum atomic E-state index is -0.117. The molecule has 4 aromatic rings. The molecule has 1 N–H and O–H groups in total. The topological polar surface area (TPSA) is 66.7 Å². The fourth-order valence-electron chi connectivity index (χ4n) is 3.43. The monoisotopic (exact) mass is 434 g/mol. The Morgan fingerprint density at radius 3 is 2.80 bits per heavy atom. The molecule has 3 heterocycles. The number of nitrogens with zero attached hydrogens (tertiary/aromatic N) is 3. The van der Waals surface area contributed by atoms with Gasteiger partial charge in [0.2, 0.25) is 11.8 Å². The SMILES string of the molecule is O=C(CCN1C(=O)CSc2ccccc21)Nc1ccc(-c2cn3ccsc3n2)cc1. The van der Waals surface area contributed by atoms with E-state index in [1.54, 1.807) is 28.0 Å². The van der Waals surface area contributed by atoms with Crippen LogP contribution >= 0.6 is 23.1 Å². The Morgan fingerprint density at radius 1 is 1.13 bits per heavy atom. The van der Waals surface area contributed by atoms with E-state index in [1.807, 2.05) is 70.7 Å². The summed E-state index contributed by atoms with van der Waals surface area (Å²) >= 11 is 3.13. The highest BCUT2D eigenvalue weighted by Gasteiger charge is 2.24. The van der Waals surface area contributed by atoms with E-state index in [0.29, 0.717) is 12.3 Å². The first-order valence-corrected chi connectivity index (χ1v) is 11.4. The summed E-state index contributed by atoms with van der Waals surface area (Å²) in [5, 5.41) is 4.91. The van der Waals surface area contributed by atoms with Crippen LogP contribution in [0.2, 0.25) is 0 Å². The third-order valence-electron chi connectivity index (χ3n) is 4.93. The number of para-hydroxylation sites is 1. The standard InChI is InChI=1S/C22H18N4O2S2/c27-20(9-10-26-18-3-1-2-4-19(18)30-14-21(26)28)23-16-7-5-15(6-8-16)17-13-25-11-12-29-22(25)24-17/h1-8,11-13H,9-10,14H2,(H,23,27). The van der Waals surface area contributed by atoms with Gasteiger partial charge >= 0.3 is 0 Å². The van der Waals surface area contributed by atoms with Crippen molar-refractivity contribution in [3.63, 3.8) is 0 Å². The smallest absolute Gasteiger partial charge is 0.237 e. The van der Waals surface area contributed by atoms with Gasteiger partial charge in [-0.15, -0.1) is 23.1 Å². The summed E-state index contributed by atoms with van der Waals surface area (Å²) in [7, 11) is 0. The molecule has 2 aromatic heterocycles. The Labute approximate surface area is 181 Å². The number of fused-ring (bicyclic) bond motifs is 2. The van der Waals surface area contributed by atoms with Crippen molar-refractivity contribution < 1.29 is 9.59 Å². The predicted octanol–water partition coefficient (Wildman–Crippen LogP) is 4.53. The summed E-state index contributed by atoms with van der Waals surface area (Å²) in [6.07, 6.45) is 4.21. The quantitative estimate of drug-likeness (QED) is 0.501. The van der Waals surface area contributed by atoms with Crippen LogP contribution in [0.15, 0.2) is 71.2 Å². The maximum Gasteiger partial charge on any atom is 0.237 e. The van der Waals surface area contributed by atoms with Crippen LogP contribution in [0.5, 0.6) is 0 Å². The molecule has 8 heteroatoms. The minimum absolute atomic E-state index is 0.0378. The number of anilines is 2. The van der Waals surface area contributed by atoms with Crippen LogP contribution in [0.1, 0.15) is 6.42 Å². The first-order valence-electron chi connectivity index (χ1n) is 9.52. The fourth-order valence-corrected chi connectivity index (χ4v) is 5.06. The largest absolute Gasteiger partial charge is 0.326 e. The van der Waals surface area contributed by atoms with Crippen molar-refractivity contribution in [3.8, 4) is 11.3 Å². The Bertz CT molecular complexity index is 1200. The number of thiazole rings is 1. The highest BCUT2D eigenvalue weighted by atomic mass is 32.2. The Kier molecular flexibility index (Phi) is 5.02. The van der Waals surface area contributed by atoms with Crippen LogP contribution in [0.4, 0.5) is 11.4 Å². The van der Waals surface area contributed by atoms with Gasteiger partial charge in [0.05, 0.1) is 17.1 Å². The van der Waals surface area contributed by atoms with Gasteiger partial charge < -0.3 is 10.2 Å². The summed E-state index contributed by atoms with van der Waals surface area (Å²) in [5.41, 5.74) is 3.51. The van der Waals surface area contributed by atoms with Gasteiger partial charge in [0.25, 0.3) is 0 Å². The number of hydrogen-bond acceptors (Lipinski definition) is 5. The molecule has 150 valence electrons. The van der Waals surface area contributed by atoms with Crippen molar-refractivity contribution in [2.45, 2.75) is 11.3 Å². The van der Waals surface area contributed by atoms with Gasteiger partial charge in [0.15, 0.2) is 4.96 Å². The first-order chi connectivity index (χ1) is 14.7. The molecule has 6 nitrogen and oxygen atoms in total. The maximum absolute atomic E-state index is 12.4. The fraction of sp³-hybridized carbons (Fsp3) is 0.136. The second kappa shape index (κ2) is 7.97. The zero-order valence-corrected chi connectivity index (χ0v) is 17.6. The molecule has 5 rings (SSSR count). The Balaban J connectivity index is 1.22. The van der Waals surface area contributed by atoms with Gasteiger partial charge in [0.1, 0.15) is 0 Å². The number of aromatic nitrogens is 2. The molecule has 0 saturated heterocycles. The molecule has 2 amide bonds. The number of carbonyl (C=O) groups excluding carboxylic acids is 2. The van der Waals surface area contributed by atoms with Crippen molar-refractivity contribution in [2.24, 2.45) is 0 Å². The number of imidazole rings is 1. The number of hydrogen-bond donors (Lipinski definition) is 1. The maximum atomic E-state index is 12.4. The van der Waals surface area contributed by atoms with E-state index in [4.69, 9.17) is 0 Å². The molecule has 0 aliphatic carbocycles. The van der Waals surface area contributed by atoms with Crippen molar-refractivity contribution >= 4 is 51.2 Å². The molecule has 0 saturated carbocycles. The summed E-state index contributed by atoms with van der Waals surface area (Å²) < 4.78 is 1.99. The van der Waals surface area contributed by atoms with Gasteiger partial charge in [-0.1, -0.05) is 24.3 Å². The van der Waals surface area contributed by atoms with E-state index in [2.05, 4.69) is 10.3 Å². The highest BCUT2D eigenvalue weighted by Crippen LogP contribution is 2.34. The number of rotatable bonds is 5. The summed E-state index contributed by atoms with van der Waals surface area (Å²) in [6.45, 7) is 0.367. The van der Waals surface area contributed by atoms with Gasteiger partial charge in [-0.2, -0.15) is 0 Å². The third-order valence-corrected chi connectivity index (χ3v) is 6.75.